The van der Waals surface area contributed by atoms with Gasteiger partial charge in [-0.2, -0.15) is 0 Å². The van der Waals surface area contributed by atoms with E-state index in [1.54, 1.807) is 12.1 Å². The van der Waals surface area contributed by atoms with Crippen LogP contribution in [0.4, 0.5) is 10.1 Å². The number of halogens is 1. The Balaban J connectivity index is 2.52. The number of anilines is 1. The first-order valence-corrected chi connectivity index (χ1v) is 8.41. The molecule has 0 aromatic heterocycles. The molecule has 2 rings (SSSR count). The van der Waals surface area contributed by atoms with E-state index < -0.39 is 0 Å². The summed E-state index contributed by atoms with van der Waals surface area (Å²) in [6, 6.07) is 4.52. The average Bonchev–Trinajstić information content (AvgIpc) is 2.49. The molecule has 0 radical (unpaired) electrons. The van der Waals surface area contributed by atoms with Crippen LogP contribution in [-0.2, 0) is 4.79 Å². The third-order valence-corrected chi connectivity index (χ3v) is 4.83. The molecule has 0 unspecified atom stereocenters. The number of nitrogens with zero attached hydrogens (tertiary/aromatic N) is 1. The normalized spacial score (nSPS) is 20.8. The number of benzene rings is 1. The first-order chi connectivity index (χ1) is 10.8. The fourth-order valence-electron chi connectivity index (χ4n) is 3.88. The second-order valence-electron chi connectivity index (χ2n) is 7.16. The molecule has 0 fully saturated rings. The second-order valence-corrected chi connectivity index (χ2v) is 7.16. The molecule has 128 valence electrons. The molecule has 0 aliphatic carbocycles. The van der Waals surface area contributed by atoms with Gasteiger partial charge >= 0.3 is 0 Å². The zero-order chi connectivity index (χ0) is 17.2. The van der Waals surface area contributed by atoms with Crippen molar-refractivity contribution in [3.8, 4) is 0 Å². The molecule has 0 saturated heterocycles. The monoisotopic (exact) mass is 321 g/mol. The summed E-state index contributed by atoms with van der Waals surface area (Å²) in [5, 5.41) is 0. The fourth-order valence-corrected chi connectivity index (χ4v) is 3.88. The third-order valence-electron chi connectivity index (χ3n) is 4.83. The van der Waals surface area contributed by atoms with E-state index in [-0.39, 0.29) is 29.2 Å². The Morgan fingerprint density at radius 1 is 1.52 bits per heavy atom. The van der Waals surface area contributed by atoms with Crippen molar-refractivity contribution in [2.45, 2.75) is 70.9 Å². The van der Waals surface area contributed by atoms with E-state index in [4.69, 9.17) is 5.84 Å². The number of rotatable bonds is 5. The highest BCUT2D eigenvalue weighted by Gasteiger charge is 2.42. The predicted molar refractivity (Wildman–Crippen MR) is 91.6 cm³/mol. The number of hydrogen-bond donors (Lipinski definition) is 2. The molecule has 1 aliphatic rings. The van der Waals surface area contributed by atoms with Crippen molar-refractivity contribution < 1.29 is 9.18 Å². The summed E-state index contributed by atoms with van der Waals surface area (Å²) in [5.41, 5.74) is 4.02. The Bertz CT molecular complexity index is 573. The summed E-state index contributed by atoms with van der Waals surface area (Å²) in [6.45, 7) is 8.49. The maximum Gasteiger partial charge on any atom is 0.256 e. The van der Waals surface area contributed by atoms with Gasteiger partial charge in [0, 0.05) is 11.2 Å². The molecular formula is C18H28FN3O. The quantitative estimate of drug-likeness (QED) is 0.496. The van der Waals surface area contributed by atoms with Gasteiger partial charge in [0.05, 0.1) is 0 Å². The topological polar surface area (TPSA) is 58.4 Å². The van der Waals surface area contributed by atoms with Crippen LogP contribution in [-0.4, -0.2) is 17.5 Å². The highest BCUT2D eigenvalue weighted by molar-refractivity contribution is 5.86. The third kappa shape index (κ3) is 3.50. The first-order valence-electron chi connectivity index (χ1n) is 8.41. The standard InChI is InChI=1S/C18H28FN3O/c1-5-6-7-16(17(23)21-20)22-15-9-8-13(19)10-14(15)12(2)11-18(22,3)4/h8-10,12,16H,5-7,11,20H2,1-4H3,(H,21,23)/t12-,16+/m0/s1. The molecule has 4 nitrogen and oxygen atoms in total. The van der Waals surface area contributed by atoms with Crippen molar-refractivity contribution in [3.63, 3.8) is 0 Å². The summed E-state index contributed by atoms with van der Waals surface area (Å²) in [4.78, 5) is 14.5. The Labute approximate surface area is 138 Å². The minimum absolute atomic E-state index is 0.184. The summed E-state index contributed by atoms with van der Waals surface area (Å²) in [7, 11) is 0. The minimum atomic E-state index is -0.341. The molecule has 5 heteroatoms. The van der Waals surface area contributed by atoms with E-state index in [0.717, 1.165) is 36.9 Å². The average molecular weight is 321 g/mol. The molecule has 0 spiro atoms. The first kappa shape index (κ1) is 17.7. The number of carbonyl (C=O) groups is 1. The highest BCUT2D eigenvalue weighted by atomic mass is 19.1. The summed E-state index contributed by atoms with van der Waals surface area (Å²) in [5.74, 6) is 5.26. The van der Waals surface area contributed by atoms with Crippen molar-refractivity contribution in [2.75, 3.05) is 4.90 Å². The molecule has 1 amide bonds. The van der Waals surface area contributed by atoms with Gasteiger partial charge in [-0.25, -0.2) is 10.2 Å². The van der Waals surface area contributed by atoms with Crippen LogP contribution in [0.25, 0.3) is 0 Å². The van der Waals surface area contributed by atoms with Crippen LogP contribution in [0.2, 0.25) is 0 Å². The van der Waals surface area contributed by atoms with Crippen LogP contribution in [0.5, 0.6) is 0 Å². The van der Waals surface area contributed by atoms with Gasteiger partial charge in [-0.05, 0) is 56.4 Å². The van der Waals surface area contributed by atoms with Gasteiger partial charge in [0.25, 0.3) is 5.91 Å². The van der Waals surface area contributed by atoms with Gasteiger partial charge in [-0.15, -0.1) is 0 Å². The lowest BCUT2D eigenvalue weighted by Gasteiger charge is -2.50. The Hall–Kier alpha value is -1.62. The smallest absolute Gasteiger partial charge is 0.256 e. The Morgan fingerprint density at radius 2 is 2.22 bits per heavy atom. The largest absolute Gasteiger partial charge is 0.354 e. The molecule has 1 aromatic carbocycles. The highest BCUT2D eigenvalue weighted by Crippen LogP contribution is 2.45. The zero-order valence-corrected chi connectivity index (χ0v) is 14.5. The van der Waals surface area contributed by atoms with Gasteiger partial charge < -0.3 is 4.90 Å². The summed E-state index contributed by atoms with van der Waals surface area (Å²) >= 11 is 0. The van der Waals surface area contributed by atoms with Gasteiger partial charge in [0.15, 0.2) is 0 Å². The number of amides is 1. The molecule has 1 heterocycles. The zero-order valence-electron chi connectivity index (χ0n) is 14.5. The molecule has 1 aromatic rings. The van der Waals surface area contributed by atoms with Crippen molar-refractivity contribution in [1.82, 2.24) is 5.43 Å². The molecule has 23 heavy (non-hydrogen) atoms. The number of nitrogens with one attached hydrogen (secondary N) is 1. The van der Waals surface area contributed by atoms with Crippen LogP contribution in [0.15, 0.2) is 18.2 Å². The van der Waals surface area contributed by atoms with Crippen molar-refractivity contribution in [3.05, 3.63) is 29.6 Å². The number of fused-ring (bicyclic) bond motifs is 1. The van der Waals surface area contributed by atoms with E-state index in [9.17, 15) is 9.18 Å². The number of nitrogens with two attached hydrogens (primary N) is 1. The van der Waals surface area contributed by atoms with Crippen molar-refractivity contribution >= 4 is 11.6 Å². The molecule has 0 saturated carbocycles. The number of carbonyl (C=O) groups excluding carboxylic acids is 1. The minimum Gasteiger partial charge on any atom is -0.354 e. The summed E-state index contributed by atoms with van der Waals surface area (Å²) in [6.07, 6.45) is 3.55. The Morgan fingerprint density at radius 3 is 2.83 bits per heavy atom. The van der Waals surface area contributed by atoms with E-state index in [0.29, 0.717) is 0 Å². The lowest BCUT2D eigenvalue weighted by molar-refractivity contribution is -0.123. The number of unbranched alkanes of at least 4 members (excludes halogenated alkanes) is 1. The predicted octanol–water partition coefficient (Wildman–Crippen LogP) is 3.47. The Kier molecular flexibility index (Phi) is 5.30. The van der Waals surface area contributed by atoms with Gasteiger partial charge in [-0.1, -0.05) is 26.7 Å². The molecule has 3 N–H and O–H groups in total. The van der Waals surface area contributed by atoms with Gasteiger partial charge in [0.1, 0.15) is 11.9 Å². The van der Waals surface area contributed by atoms with Crippen molar-refractivity contribution in [2.24, 2.45) is 5.84 Å². The van der Waals surface area contributed by atoms with Crippen molar-refractivity contribution in [1.29, 1.82) is 0 Å². The van der Waals surface area contributed by atoms with Crippen LogP contribution in [0, 0.1) is 5.82 Å². The molecule has 0 bridgehead atoms. The fraction of sp³-hybridized carbons (Fsp3) is 0.611. The number of hydrazine groups is 1. The second kappa shape index (κ2) is 6.87. The van der Waals surface area contributed by atoms with E-state index >= 15 is 0 Å². The maximum absolute atomic E-state index is 13.7. The summed E-state index contributed by atoms with van der Waals surface area (Å²) < 4.78 is 13.7. The van der Waals surface area contributed by atoms with E-state index in [1.807, 2.05) is 0 Å². The van der Waals surface area contributed by atoms with Crippen LogP contribution >= 0.6 is 0 Å². The van der Waals surface area contributed by atoms with Gasteiger partial charge in [-0.3, -0.25) is 10.2 Å². The molecule has 1 aliphatic heterocycles. The van der Waals surface area contributed by atoms with E-state index in [1.165, 1.54) is 6.07 Å². The number of hydrogen-bond acceptors (Lipinski definition) is 3. The van der Waals surface area contributed by atoms with E-state index in [2.05, 4.69) is 38.0 Å². The SMILES string of the molecule is CCCC[C@H](C(=O)NN)N1c2ccc(F)cc2[C@@H](C)CC1(C)C. The van der Waals surface area contributed by atoms with Crippen LogP contribution in [0.1, 0.15) is 64.9 Å². The molecular weight excluding hydrogens is 293 g/mol. The van der Waals surface area contributed by atoms with Crippen LogP contribution < -0.4 is 16.2 Å². The maximum atomic E-state index is 13.7. The lowest BCUT2D eigenvalue weighted by Crippen LogP contribution is -2.59. The van der Waals surface area contributed by atoms with Gasteiger partial charge in [0.2, 0.25) is 0 Å². The molecule has 2 atom stereocenters. The van der Waals surface area contributed by atoms with Crippen LogP contribution in [0.3, 0.4) is 0 Å². The lowest BCUT2D eigenvalue weighted by atomic mass is 9.78.